The van der Waals surface area contributed by atoms with Gasteiger partial charge in [-0.15, -0.1) is 0 Å². The van der Waals surface area contributed by atoms with Gasteiger partial charge in [-0.3, -0.25) is 9.59 Å². The number of amides is 1. The summed E-state index contributed by atoms with van der Waals surface area (Å²) in [5.41, 5.74) is 3.45. The van der Waals surface area contributed by atoms with Crippen molar-refractivity contribution >= 4 is 12.1 Å². The molecular formula is C15H15FN4O2. The Balaban J connectivity index is 1.99. The van der Waals surface area contributed by atoms with Crippen LogP contribution in [0.25, 0.3) is 0 Å². The van der Waals surface area contributed by atoms with Gasteiger partial charge >= 0.3 is 0 Å². The van der Waals surface area contributed by atoms with Gasteiger partial charge in [0.2, 0.25) is 5.91 Å². The highest BCUT2D eigenvalue weighted by atomic mass is 19.1. The summed E-state index contributed by atoms with van der Waals surface area (Å²) in [6.07, 6.45) is 1.27. The van der Waals surface area contributed by atoms with Crippen molar-refractivity contribution in [2.75, 3.05) is 0 Å². The first-order chi connectivity index (χ1) is 10.5. The molecule has 0 aliphatic heterocycles. The van der Waals surface area contributed by atoms with Crippen LogP contribution in [0.1, 0.15) is 22.6 Å². The highest BCUT2D eigenvalue weighted by molar-refractivity contribution is 5.83. The van der Waals surface area contributed by atoms with Crippen LogP contribution in [0.2, 0.25) is 0 Å². The number of halogens is 1. The third kappa shape index (κ3) is 4.08. The highest BCUT2D eigenvalue weighted by Gasteiger charge is 2.11. The van der Waals surface area contributed by atoms with Crippen LogP contribution in [0.5, 0.6) is 0 Å². The normalized spacial score (nSPS) is 10.9. The van der Waals surface area contributed by atoms with Gasteiger partial charge < -0.3 is 4.98 Å². The standard InChI is InChI=1S/C15H15FN4O2/c1-9-13(15(22)19-10(2)18-9)7-14(21)20-17-8-11-3-5-12(16)6-4-11/h3-6,8H,7H2,1-2H3,(H,20,21)(H,18,19,22). The van der Waals surface area contributed by atoms with Gasteiger partial charge in [-0.2, -0.15) is 5.10 Å². The molecule has 0 bridgehead atoms. The lowest BCUT2D eigenvalue weighted by Crippen LogP contribution is -2.26. The molecule has 2 N–H and O–H groups in total. The first-order valence-electron chi connectivity index (χ1n) is 6.59. The van der Waals surface area contributed by atoms with E-state index in [-0.39, 0.29) is 17.8 Å². The molecule has 0 aliphatic carbocycles. The van der Waals surface area contributed by atoms with E-state index in [1.54, 1.807) is 13.8 Å². The minimum absolute atomic E-state index is 0.116. The van der Waals surface area contributed by atoms with E-state index in [0.717, 1.165) is 0 Å². The van der Waals surface area contributed by atoms with Gasteiger partial charge in [-0.25, -0.2) is 14.8 Å². The Morgan fingerprint density at radius 2 is 2.05 bits per heavy atom. The number of hydrogen-bond donors (Lipinski definition) is 2. The van der Waals surface area contributed by atoms with Gasteiger partial charge in [0.25, 0.3) is 5.56 Å². The molecule has 1 aromatic heterocycles. The van der Waals surface area contributed by atoms with Gasteiger partial charge in [0.1, 0.15) is 11.6 Å². The number of benzene rings is 1. The second-order valence-corrected chi connectivity index (χ2v) is 4.74. The van der Waals surface area contributed by atoms with Crippen LogP contribution in [-0.4, -0.2) is 22.1 Å². The fourth-order valence-electron chi connectivity index (χ4n) is 1.89. The molecule has 22 heavy (non-hydrogen) atoms. The summed E-state index contributed by atoms with van der Waals surface area (Å²) in [4.78, 5) is 30.2. The molecule has 0 saturated heterocycles. The van der Waals surface area contributed by atoms with Gasteiger partial charge in [0, 0.05) is 11.3 Å². The first kappa shape index (κ1) is 15.6. The fraction of sp³-hybridized carbons (Fsp3) is 0.200. The molecule has 1 amide bonds. The van der Waals surface area contributed by atoms with Crippen LogP contribution >= 0.6 is 0 Å². The van der Waals surface area contributed by atoms with E-state index < -0.39 is 5.91 Å². The van der Waals surface area contributed by atoms with Crippen LogP contribution in [0.15, 0.2) is 34.2 Å². The van der Waals surface area contributed by atoms with E-state index in [1.165, 1.54) is 30.5 Å². The zero-order valence-corrected chi connectivity index (χ0v) is 12.2. The number of H-pyrrole nitrogens is 1. The molecule has 0 spiro atoms. The maximum atomic E-state index is 12.7. The fourth-order valence-corrected chi connectivity index (χ4v) is 1.89. The molecule has 0 fully saturated rings. The summed E-state index contributed by atoms with van der Waals surface area (Å²) in [5.74, 6) is -0.277. The number of rotatable bonds is 4. The second kappa shape index (κ2) is 6.75. The predicted octanol–water partition coefficient (Wildman–Crippen LogP) is 1.22. The summed E-state index contributed by atoms with van der Waals surface area (Å²) < 4.78 is 12.7. The van der Waals surface area contributed by atoms with Crippen LogP contribution < -0.4 is 11.0 Å². The van der Waals surface area contributed by atoms with Gasteiger partial charge in [0.15, 0.2) is 0 Å². The molecule has 0 unspecified atom stereocenters. The molecule has 1 heterocycles. The lowest BCUT2D eigenvalue weighted by atomic mass is 10.1. The number of carbonyl (C=O) groups is 1. The topological polar surface area (TPSA) is 87.2 Å². The summed E-state index contributed by atoms with van der Waals surface area (Å²) in [5, 5.41) is 3.76. The average molecular weight is 302 g/mol. The highest BCUT2D eigenvalue weighted by Crippen LogP contribution is 2.01. The van der Waals surface area contributed by atoms with Crippen molar-refractivity contribution in [3.05, 3.63) is 63.1 Å². The Labute approximate surface area is 126 Å². The first-order valence-corrected chi connectivity index (χ1v) is 6.59. The lowest BCUT2D eigenvalue weighted by molar-refractivity contribution is -0.120. The summed E-state index contributed by atoms with van der Waals surface area (Å²) >= 11 is 0. The van der Waals surface area contributed by atoms with Crippen molar-refractivity contribution < 1.29 is 9.18 Å². The van der Waals surface area contributed by atoms with E-state index >= 15 is 0 Å². The number of nitrogens with zero attached hydrogens (tertiary/aromatic N) is 2. The van der Waals surface area contributed by atoms with E-state index in [0.29, 0.717) is 22.6 Å². The SMILES string of the molecule is Cc1nc(C)c(CC(=O)NN=Cc2ccc(F)cc2)c(=O)[nH]1. The Bertz CT molecular complexity index is 766. The van der Waals surface area contributed by atoms with Gasteiger partial charge in [0.05, 0.1) is 12.6 Å². The maximum Gasteiger partial charge on any atom is 0.254 e. The van der Waals surface area contributed by atoms with Crippen molar-refractivity contribution in [2.24, 2.45) is 5.10 Å². The Morgan fingerprint density at radius 3 is 2.68 bits per heavy atom. The molecule has 7 heteroatoms. The maximum absolute atomic E-state index is 12.7. The summed E-state index contributed by atoms with van der Waals surface area (Å²) in [6, 6.07) is 5.65. The number of hydrogen-bond acceptors (Lipinski definition) is 4. The smallest absolute Gasteiger partial charge is 0.254 e. The molecule has 0 atom stereocenters. The van der Waals surface area contributed by atoms with Crippen molar-refractivity contribution in [1.82, 2.24) is 15.4 Å². The van der Waals surface area contributed by atoms with Crippen molar-refractivity contribution in [3.63, 3.8) is 0 Å². The third-order valence-corrected chi connectivity index (χ3v) is 2.95. The van der Waals surface area contributed by atoms with Gasteiger partial charge in [-0.1, -0.05) is 12.1 Å². The summed E-state index contributed by atoms with van der Waals surface area (Å²) in [6.45, 7) is 3.35. The quantitative estimate of drug-likeness (QED) is 0.657. The Kier molecular flexibility index (Phi) is 4.77. The molecule has 0 saturated carbocycles. The molecule has 0 radical (unpaired) electrons. The Hall–Kier alpha value is -2.83. The number of hydrazone groups is 1. The van der Waals surface area contributed by atoms with E-state index in [4.69, 9.17) is 0 Å². The average Bonchev–Trinajstić information content (AvgIpc) is 2.45. The van der Waals surface area contributed by atoms with Crippen molar-refractivity contribution in [1.29, 1.82) is 0 Å². The monoisotopic (exact) mass is 302 g/mol. The second-order valence-electron chi connectivity index (χ2n) is 4.74. The van der Waals surface area contributed by atoms with Crippen molar-refractivity contribution in [3.8, 4) is 0 Å². The van der Waals surface area contributed by atoms with Crippen LogP contribution in [0, 0.1) is 19.7 Å². The van der Waals surface area contributed by atoms with E-state index in [2.05, 4.69) is 20.5 Å². The number of aryl methyl sites for hydroxylation is 2. The third-order valence-electron chi connectivity index (χ3n) is 2.95. The Morgan fingerprint density at radius 1 is 1.36 bits per heavy atom. The predicted molar refractivity (Wildman–Crippen MR) is 80.2 cm³/mol. The molecule has 6 nitrogen and oxygen atoms in total. The zero-order chi connectivity index (χ0) is 16.1. The molecule has 1 aromatic carbocycles. The molecule has 2 aromatic rings. The lowest BCUT2D eigenvalue weighted by Gasteiger charge is -2.04. The van der Waals surface area contributed by atoms with Crippen LogP contribution in [0.4, 0.5) is 4.39 Å². The van der Waals surface area contributed by atoms with Crippen molar-refractivity contribution in [2.45, 2.75) is 20.3 Å². The summed E-state index contributed by atoms with van der Waals surface area (Å²) in [7, 11) is 0. The number of aromatic nitrogens is 2. The van der Waals surface area contributed by atoms with E-state index in [1.807, 2.05) is 0 Å². The number of nitrogens with one attached hydrogen (secondary N) is 2. The molecule has 114 valence electrons. The molecule has 0 aliphatic rings. The molecule has 2 rings (SSSR count). The minimum atomic E-state index is -0.433. The molecular weight excluding hydrogens is 287 g/mol. The van der Waals surface area contributed by atoms with Gasteiger partial charge in [-0.05, 0) is 31.5 Å². The zero-order valence-electron chi connectivity index (χ0n) is 12.2. The number of aromatic amines is 1. The minimum Gasteiger partial charge on any atom is -0.311 e. The van der Waals surface area contributed by atoms with Crippen LogP contribution in [-0.2, 0) is 11.2 Å². The number of carbonyl (C=O) groups excluding carboxylic acids is 1. The van der Waals surface area contributed by atoms with E-state index in [9.17, 15) is 14.0 Å². The van der Waals surface area contributed by atoms with Crippen LogP contribution in [0.3, 0.4) is 0 Å². The largest absolute Gasteiger partial charge is 0.311 e.